The van der Waals surface area contributed by atoms with Crippen LogP contribution in [0, 0.1) is 32.6 Å². The molecule has 10 heteroatoms. The number of rotatable bonds is 14. The first kappa shape index (κ1) is 32.5. The van der Waals surface area contributed by atoms with Gasteiger partial charge in [0.05, 0.1) is 18.6 Å². The number of sulfonamides is 1. The maximum atomic E-state index is 13.2. The van der Waals surface area contributed by atoms with Crippen LogP contribution in [-0.2, 0) is 19.6 Å². The summed E-state index contributed by atoms with van der Waals surface area (Å²) in [5.41, 5.74) is 2.12. The van der Waals surface area contributed by atoms with E-state index in [0.717, 1.165) is 12.0 Å². The van der Waals surface area contributed by atoms with E-state index in [4.69, 9.17) is 9.47 Å². The predicted molar refractivity (Wildman–Crippen MR) is 162 cm³/mol. The molecule has 2 aromatic rings. The van der Waals surface area contributed by atoms with Gasteiger partial charge < -0.3 is 19.7 Å². The van der Waals surface area contributed by atoms with Gasteiger partial charge in [0.1, 0.15) is 12.4 Å². The minimum Gasteiger partial charge on any atom is -0.496 e. The van der Waals surface area contributed by atoms with E-state index in [-0.39, 0.29) is 25.7 Å². The Morgan fingerprint density at radius 1 is 1.12 bits per heavy atom. The summed E-state index contributed by atoms with van der Waals surface area (Å²) in [5.74, 6) is 1.82. The lowest BCUT2D eigenvalue weighted by Gasteiger charge is -2.37. The third-order valence-corrected chi connectivity index (χ3v) is 11.3. The largest absolute Gasteiger partial charge is 0.496 e. The van der Waals surface area contributed by atoms with Crippen LogP contribution >= 0.6 is 11.3 Å². The van der Waals surface area contributed by atoms with Crippen LogP contribution in [0.4, 0.5) is 0 Å². The van der Waals surface area contributed by atoms with Crippen LogP contribution in [0.1, 0.15) is 59.7 Å². The Morgan fingerprint density at radius 2 is 1.82 bits per heavy atom. The van der Waals surface area contributed by atoms with Crippen LogP contribution in [0.25, 0.3) is 0 Å². The molecule has 0 saturated heterocycles. The van der Waals surface area contributed by atoms with Gasteiger partial charge in [-0.15, -0.1) is 11.3 Å². The molecule has 0 radical (unpaired) electrons. The number of carbonyl (C=O) groups excluding carboxylic acids is 1. The van der Waals surface area contributed by atoms with Gasteiger partial charge in [-0.2, -0.15) is 4.31 Å². The van der Waals surface area contributed by atoms with E-state index in [1.54, 1.807) is 27.0 Å². The zero-order valence-electron chi connectivity index (χ0n) is 25.2. The fourth-order valence-electron chi connectivity index (χ4n) is 5.89. The Labute approximate surface area is 245 Å². The molecule has 0 aliphatic heterocycles. The van der Waals surface area contributed by atoms with E-state index in [0.29, 0.717) is 46.2 Å². The zero-order valence-corrected chi connectivity index (χ0v) is 26.8. The van der Waals surface area contributed by atoms with Crippen molar-refractivity contribution >= 4 is 27.3 Å². The summed E-state index contributed by atoms with van der Waals surface area (Å²) in [6.45, 7) is 6.28. The first-order valence-electron chi connectivity index (χ1n) is 14.1. The Hall–Kier alpha value is -1.98. The number of likely N-dealkylation sites (N-methyl/N-ethyl adjacent to an activating group) is 1. The monoisotopic (exact) mass is 593 g/mol. The van der Waals surface area contributed by atoms with E-state index in [1.165, 1.54) is 41.9 Å². The lowest BCUT2D eigenvalue weighted by Crippen LogP contribution is -2.34. The van der Waals surface area contributed by atoms with Crippen molar-refractivity contribution in [3.63, 3.8) is 0 Å². The number of methoxy groups -OCH3 is 1. The van der Waals surface area contributed by atoms with Crippen LogP contribution in [0.2, 0.25) is 0 Å². The predicted octanol–water partition coefficient (Wildman–Crippen LogP) is 4.93. The molecule has 1 atom stereocenters. The minimum atomic E-state index is -3.71. The molecule has 3 rings (SSSR count). The van der Waals surface area contributed by atoms with Crippen LogP contribution in [0.3, 0.4) is 0 Å². The van der Waals surface area contributed by atoms with E-state index in [9.17, 15) is 13.2 Å². The van der Waals surface area contributed by atoms with Gasteiger partial charge in [0.2, 0.25) is 15.9 Å². The van der Waals surface area contributed by atoms with Crippen molar-refractivity contribution in [2.45, 2.75) is 63.8 Å². The number of aryl methyl sites for hydroxylation is 1. The number of hydrogen-bond donors (Lipinski definition) is 1. The van der Waals surface area contributed by atoms with Gasteiger partial charge in [-0.3, -0.25) is 4.79 Å². The van der Waals surface area contributed by atoms with Crippen molar-refractivity contribution in [3.8, 4) is 5.75 Å². The van der Waals surface area contributed by atoms with Gasteiger partial charge in [0.25, 0.3) is 0 Å². The molecule has 8 nitrogen and oxygen atoms in total. The van der Waals surface area contributed by atoms with Crippen molar-refractivity contribution in [3.05, 3.63) is 45.1 Å². The number of amides is 1. The Bertz CT molecular complexity index is 1210. The number of nitrogens with zero attached hydrogens (tertiary/aromatic N) is 2. The number of hydrogen-bond acceptors (Lipinski definition) is 7. The standard InChI is InChI=1S/C30H47N3O5S2/c1-21-19-26(37-7)22(2)23(3)30(21)40(35,36)33(6)16-17-38-20-28(34)31-15-14-24-10-12-25(13-11-24)29(32(4)5)27-9-8-18-39-27/h8-9,18-19,24-25,29H,10-17,20H2,1-7H3,(H,31,34). The second kappa shape index (κ2) is 14.8. The number of benzene rings is 1. The van der Waals surface area contributed by atoms with Crippen LogP contribution < -0.4 is 10.1 Å². The number of ether oxygens (including phenoxy) is 2. The summed E-state index contributed by atoms with van der Waals surface area (Å²) >= 11 is 1.85. The summed E-state index contributed by atoms with van der Waals surface area (Å²) in [6.07, 6.45) is 5.80. The molecule has 1 aliphatic carbocycles. The molecule has 0 spiro atoms. The lowest BCUT2D eigenvalue weighted by molar-refractivity contribution is -0.125. The average molecular weight is 594 g/mol. The van der Waals surface area contributed by atoms with Crippen LogP contribution in [0.5, 0.6) is 5.75 Å². The van der Waals surface area contributed by atoms with E-state index in [2.05, 4.69) is 41.8 Å². The first-order valence-corrected chi connectivity index (χ1v) is 16.4. The van der Waals surface area contributed by atoms with Gasteiger partial charge in [0, 0.05) is 31.1 Å². The normalized spacial score (nSPS) is 18.7. The van der Waals surface area contributed by atoms with Gasteiger partial charge >= 0.3 is 0 Å². The molecule has 40 heavy (non-hydrogen) atoms. The average Bonchev–Trinajstić information content (AvgIpc) is 3.43. The molecule has 1 amide bonds. The first-order chi connectivity index (χ1) is 19.0. The second-order valence-corrected chi connectivity index (χ2v) is 14.2. The van der Waals surface area contributed by atoms with Gasteiger partial charge in [-0.1, -0.05) is 18.9 Å². The molecule has 1 aromatic heterocycles. The SMILES string of the molecule is COc1cc(C)c(S(=O)(=O)N(C)CCOCC(=O)NCCC2CCC(C(c3cccs3)N(C)C)CC2)c(C)c1C. The highest BCUT2D eigenvalue weighted by atomic mass is 32.2. The number of thiophene rings is 1. The van der Waals surface area contributed by atoms with Crippen molar-refractivity contribution in [2.24, 2.45) is 11.8 Å². The summed E-state index contributed by atoms with van der Waals surface area (Å²) in [7, 11) is 3.76. The van der Waals surface area contributed by atoms with Crippen LogP contribution in [-0.4, -0.2) is 78.1 Å². The Kier molecular flexibility index (Phi) is 12.0. The molecule has 1 N–H and O–H groups in total. The molecule has 1 heterocycles. The second-order valence-electron chi connectivity index (χ2n) is 11.2. The van der Waals surface area contributed by atoms with Crippen molar-refractivity contribution < 1.29 is 22.7 Å². The molecule has 0 bridgehead atoms. The molecule has 1 aliphatic rings. The summed E-state index contributed by atoms with van der Waals surface area (Å²) < 4.78 is 38.6. The Balaban J connectivity index is 1.36. The van der Waals surface area contributed by atoms with Crippen molar-refractivity contribution in [2.75, 3.05) is 54.6 Å². The highest BCUT2D eigenvalue weighted by Gasteiger charge is 2.30. The van der Waals surface area contributed by atoms with Gasteiger partial charge in [-0.05, 0) is 100 Å². The van der Waals surface area contributed by atoms with Crippen molar-refractivity contribution in [1.82, 2.24) is 14.5 Å². The van der Waals surface area contributed by atoms with Gasteiger partial charge in [0.15, 0.2) is 0 Å². The molecule has 1 fully saturated rings. The van der Waals surface area contributed by atoms with E-state index < -0.39 is 10.0 Å². The molecule has 1 aromatic carbocycles. The fraction of sp³-hybridized carbons (Fsp3) is 0.633. The highest BCUT2D eigenvalue weighted by molar-refractivity contribution is 7.89. The topological polar surface area (TPSA) is 88.2 Å². The van der Waals surface area contributed by atoms with Gasteiger partial charge in [-0.25, -0.2) is 8.42 Å². The molecule has 224 valence electrons. The maximum absolute atomic E-state index is 13.2. The number of carbonyl (C=O) groups is 1. The summed E-state index contributed by atoms with van der Waals surface area (Å²) in [5, 5.41) is 5.13. The molecule has 1 unspecified atom stereocenters. The molecular formula is C30H47N3O5S2. The fourth-order valence-corrected chi connectivity index (χ4v) is 8.54. The molecule has 1 saturated carbocycles. The number of nitrogens with one attached hydrogen (secondary N) is 1. The summed E-state index contributed by atoms with van der Waals surface area (Å²) in [4.78, 5) is 16.4. The summed E-state index contributed by atoms with van der Waals surface area (Å²) in [6, 6.07) is 6.63. The Morgan fingerprint density at radius 3 is 2.42 bits per heavy atom. The van der Waals surface area contributed by atoms with E-state index in [1.807, 2.05) is 18.3 Å². The van der Waals surface area contributed by atoms with Crippen molar-refractivity contribution in [1.29, 1.82) is 0 Å². The zero-order chi connectivity index (χ0) is 29.4. The molecular weight excluding hydrogens is 546 g/mol. The highest BCUT2D eigenvalue weighted by Crippen LogP contribution is 2.41. The smallest absolute Gasteiger partial charge is 0.245 e. The quantitative estimate of drug-likeness (QED) is 0.313. The third-order valence-electron chi connectivity index (χ3n) is 8.25. The lowest BCUT2D eigenvalue weighted by atomic mass is 9.76. The van der Waals surface area contributed by atoms with Crippen LogP contribution in [0.15, 0.2) is 28.5 Å². The maximum Gasteiger partial charge on any atom is 0.245 e. The minimum absolute atomic E-state index is 0.0777. The third kappa shape index (κ3) is 8.06. The van der Waals surface area contributed by atoms with E-state index >= 15 is 0 Å².